The first-order valence-electron chi connectivity index (χ1n) is 6.69. The molecule has 1 saturated heterocycles. The summed E-state index contributed by atoms with van der Waals surface area (Å²) in [7, 11) is 0. The standard InChI is InChI=1S/C15H16Cl2N2O/c16-12-4-3-11(10-13(12)17)15(14-2-1-9-20-14)19-7-5-18-6-8-19/h1-4,9-10,15,18H,5-8H2. The van der Waals surface area contributed by atoms with Crippen molar-refractivity contribution in [2.24, 2.45) is 0 Å². The summed E-state index contributed by atoms with van der Waals surface area (Å²) in [4.78, 5) is 2.40. The molecule has 1 N–H and O–H groups in total. The maximum absolute atomic E-state index is 6.16. The van der Waals surface area contributed by atoms with Crippen LogP contribution in [0.15, 0.2) is 41.0 Å². The van der Waals surface area contributed by atoms with Gasteiger partial charge in [-0.05, 0) is 29.8 Å². The summed E-state index contributed by atoms with van der Waals surface area (Å²) in [6.07, 6.45) is 1.71. The highest BCUT2D eigenvalue weighted by atomic mass is 35.5. The van der Waals surface area contributed by atoms with Crippen molar-refractivity contribution in [2.75, 3.05) is 26.2 Å². The van der Waals surface area contributed by atoms with Crippen molar-refractivity contribution in [3.8, 4) is 0 Å². The third-order valence-corrected chi connectivity index (χ3v) is 4.33. The van der Waals surface area contributed by atoms with E-state index in [1.807, 2.05) is 30.3 Å². The molecule has 2 aromatic rings. The van der Waals surface area contributed by atoms with E-state index in [-0.39, 0.29) is 6.04 Å². The Balaban J connectivity index is 1.98. The van der Waals surface area contributed by atoms with Crippen LogP contribution in [0.1, 0.15) is 17.4 Å². The molecule has 0 radical (unpaired) electrons. The van der Waals surface area contributed by atoms with E-state index >= 15 is 0 Å². The summed E-state index contributed by atoms with van der Waals surface area (Å²) in [6, 6.07) is 9.80. The molecule has 1 aliphatic heterocycles. The molecule has 0 aliphatic carbocycles. The van der Waals surface area contributed by atoms with Crippen LogP contribution in [0.2, 0.25) is 10.0 Å². The van der Waals surface area contributed by atoms with Crippen molar-refractivity contribution in [3.05, 3.63) is 58.0 Å². The maximum Gasteiger partial charge on any atom is 0.125 e. The van der Waals surface area contributed by atoms with Crippen molar-refractivity contribution in [1.29, 1.82) is 0 Å². The van der Waals surface area contributed by atoms with Crippen LogP contribution in [-0.4, -0.2) is 31.1 Å². The lowest BCUT2D eigenvalue weighted by atomic mass is 10.0. The number of benzene rings is 1. The molecule has 106 valence electrons. The maximum atomic E-state index is 6.16. The normalized spacial score (nSPS) is 18.1. The Morgan fingerprint density at radius 3 is 2.55 bits per heavy atom. The number of nitrogens with one attached hydrogen (secondary N) is 1. The third kappa shape index (κ3) is 2.86. The number of nitrogens with zero attached hydrogens (tertiary/aromatic N) is 1. The zero-order chi connectivity index (χ0) is 13.9. The molecule has 20 heavy (non-hydrogen) atoms. The summed E-state index contributed by atoms with van der Waals surface area (Å²) >= 11 is 12.2. The molecule has 5 heteroatoms. The van der Waals surface area contributed by atoms with E-state index in [1.165, 1.54) is 0 Å². The number of rotatable bonds is 3. The predicted octanol–water partition coefficient (Wildman–Crippen LogP) is 3.58. The van der Waals surface area contributed by atoms with E-state index in [0.717, 1.165) is 37.5 Å². The van der Waals surface area contributed by atoms with Crippen molar-refractivity contribution in [2.45, 2.75) is 6.04 Å². The second-order valence-electron chi connectivity index (χ2n) is 4.88. The van der Waals surface area contributed by atoms with E-state index < -0.39 is 0 Å². The molecule has 2 heterocycles. The molecule has 0 bridgehead atoms. The van der Waals surface area contributed by atoms with Crippen LogP contribution in [0.5, 0.6) is 0 Å². The lowest BCUT2D eigenvalue weighted by Gasteiger charge is -2.34. The van der Waals surface area contributed by atoms with Gasteiger partial charge in [0.25, 0.3) is 0 Å². The molecular formula is C15H16Cl2N2O. The number of halogens is 2. The van der Waals surface area contributed by atoms with Crippen LogP contribution in [0.3, 0.4) is 0 Å². The van der Waals surface area contributed by atoms with Crippen LogP contribution in [0, 0.1) is 0 Å². The van der Waals surface area contributed by atoms with Gasteiger partial charge >= 0.3 is 0 Å². The topological polar surface area (TPSA) is 28.4 Å². The highest BCUT2D eigenvalue weighted by Crippen LogP contribution is 2.33. The predicted molar refractivity (Wildman–Crippen MR) is 81.5 cm³/mol. The molecule has 3 nitrogen and oxygen atoms in total. The molecule has 0 spiro atoms. The summed E-state index contributed by atoms with van der Waals surface area (Å²) in [5, 5.41) is 4.52. The van der Waals surface area contributed by atoms with Crippen molar-refractivity contribution in [3.63, 3.8) is 0 Å². The minimum absolute atomic E-state index is 0.0851. The minimum atomic E-state index is 0.0851. The minimum Gasteiger partial charge on any atom is -0.467 e. The second-order valence-corrected chi connectivity index (χ2v) is 5.69. The Kier molecular flexibility index (Phi) is 4.32. The lowest BCUT2D eigenvalue weighted by molar-refractivity contribution is 0.180. The molecule has 1 fully saturated rings. The Hall–Kier alpha value is -1.00. The Bertz CT molecular complexity index is 565. The van der Waals surface area contributed by atoms with Crippen molar-refractivity contribution >= 4 is 23.2 Å². The summed E-state index contributed by atoms with van der Waals surface area (Å²) in [5.74, 6) is 0.935. The number of hydrogen-bond acceptors (Lipinski definition) is 3. The Labute approximate surface area is 128 Å². The van der Waals surface area contributed by atoms with Crippen LogP contribution >= 0.6 is 23.2 Å². The average Bonchev–Trinajstić information content (AvgIpc) is 2.98. The van der Waals surface area contributed by atoms with Gasteiger partial charge in [0, 0.05) is 26.2 Å². The fraction of sp³-hybridized carbons (Fsp3) is 0.333. The first kappa shape index (κ1) is 14.0. The van der Waals surface area contributed by atoms with E-state index in [0.29, 0.717) is 10.0 Å². The van der Waals surface area contributed by atoms with Crippen molar-refractivity contribution < 1.29 is 4.42 Å². The SMILES string of the molecule is Clc1ccc(C(c2ccco2)N2CCNCC2)cc1Cl. The molecular weight excluding hydrogens is 295 g/mol. The summed E-state index contributed by atoms with van der Waals surface area (Å²) < 4.78 is 5.64. The van der Waals surface area contributed by atoms with Gasteiger partial charge in [0.05, 0.1) is 22.4 Å². The number of hydrogen-bond donors (Lipinski definition) is 1. The highest BCUT2D eigenvalue weighted by Gasteiger charge is 2.26. The lowest BCUT2D eigenvalue weighted by Crippen LogP contribution is -2.45. The zero-order valence-electron chi connectivity index (χ0n) is 11.0. The van der Waals surface area contributed by atoms with Gasteiger partial charge in [0.1, 0.15) is 5.76 Å². The van der Waals surface area contributed by atoms with E-state index in [2.05, 4.69) is 10.2 Å². The van der Waals surface area contributed by atoms with Crippen molar-refractivity contribution in [1.82, 2.24) is 10.2 Å². The molecule has 3 rings (SSSR count). The quantitative estimate of drug-likeness (QED) is 0.939. The smallest absolute Gasteiger partial charge is 0.125 e. The second kappa shape index (κ2) is 6.19. The van der Waals surface area contributed by atoms with Gasteiger partial charge in [0.2, 0.25) is 0 Å². The molecule has 0 amide bonds. The van der Waals surface area contributed by atoms with Crippen LogP contribution in [0.25, 0.3) is 0 Å². The number of furan rings is 1. The molecule has 1 atom stereocenters. The fourth-order valence-electron chi connectivity index (χ4n) is 2.62. The largest absolute Gasteiger partial charge is 0.467 e. The van der Waals surface area contributed by atoms with Crippen LogP contribution in [0.4, 0.5) is 0 Å². The van der Waals surface area contributed by atoms with Gasteiger partial charge in [-0.25, -0.2) is 0 Å². The van der Waals surface area contributed by atoms with E-state index in [1.54, 1.807) is 6.26 Å². The van der Waals surface area contributed by atoms with Gasteiger partial charge in [-0.1, -0.05) is 29.3 Å². The summed E-state index contributed by atoms with van der Waals surface area (Å²) in [6.45, 7) is 3.92. The fourth-order valence-corrected chi connectivity index (χ4v) is 2.93. The Morgan fingerprint density at radius 1 is 1.10 bits per heavy atom. The molecule has 1 unspecified atom stereocenters. The Morgan fingerprint density at radius 2 is 1.90 bits per heavy atom. The highest BCUT2D eigenvalue weighted by molar-refractivity contribution is 6.42. The number of piperazine rings is 1. The van der Waals surface area contributed by atoms with Gasteiger partial charge in [0.15, 0.2) is 0 Å². The van der Waals surface area contributed by atoms with Crippen LogP contribution in [-0.2, 0) is 0 Å². The molecule has 1 aliphatic rings. The summed E-state index contributed by atoms with van der Waals surface area (Å²) in [5.41, 5.74) is 1.11. The average molecular weight is 311 g/mol. The third-order valence-electron chi connectivity index (χ3n) is 3.59. The van der Waals surface area contributed by atoms with Gasteiger partial charge in [-0.15, -0.1) is 0 Å². The zero-order valence-corrected chi connectivity index (χ0v) is 12.5. The molecule has 1 aromatic heterocycles. The van der Waals surface area contributed by atoms with E-state index in [4.69, 9.17) is 27.6 Å². The molecule has 0 saturated carbocycles. The van der Waals surface area contributed by atoms with Gasteiger partial charge in [-0.2, -0.15) is 0 Å². The first-order chi connectivity index (χ1) is 9.75. The molecule has 1 aromatic carbocycles. The van der Waals surface area contributed by atoms with Gasteiger partial charge < -0.3 is 9.73 Å². The van der Waals surface area contributed by atoms with E-state index in [9.17, 15) is 0 Å². The monoisotopic (exact) mass is 310 g/mol. The first-order valence-corrected chi connectivity index (χ1v) is 7.44. The van der Waals surface area contributed by atoms with Gasteiger partial charge in [-0.3, -0.25) is 4.90 Å². The van der Waals surface area contributed by atoms with Crippen LogP contribution < -0.4 is 5.32 Å².